The van der Waals surface area contributed by atoms with Gasteiger partial charge in [-0.2, -0.15) is 9.97 Å². The Hall–Kier alpha value is -4.74. The minimum atomic E-state index is -0.279. The molecule has 3 aromatic heterocycles. The number of rotatable bonds is 11. The first-order valence-corrected chi connectivity index (χ1v) is 18.6. The molecule has 0 radical (unpaired) electrons. The summed E-state index contributed by atoms with van der Waals surface area (Å²) < 4.78 is 32.2. The van der Waals surface area contributed by atoms with E-state index in [1.165, 1.54) is 11.1 Å². The first-order chi connectivity index (χ1) is 25.4. The number of hydrogen-bond donors (Lipinski definition) is 0. The maximum Gasteiger partial charge on any atom is 0.263 e. The number of hydrogen-bond acceptors (Lipinski definition) is 8. The Morgan fingerprint density at radius 3 is 2.29 bits per heavy atom. The van der Waals surface area contributed by atoms with Crippen LogP contribution in [0, 0.1) is 12.7 Å². The van der Waals surface area contributed by atoms with Gasteiger partial charge in [-0.15, -0.1) is 0 Å². The van der Waals surface area contributed by atoms with Gasteiger partial charge in [0.05, 0.1) is 31.6 Å². The highest BCUT2D eigenvalue weighted by atomic mass is 19.1. The number of morpholine rings is 1. The van der Waals surface area contributed by atoms with Crippen molar-refractivity contribution in [1.82, 2.24) is 29.0 Å². The molecular weight excluding hydrogens is 653 g/mol. The van der Waals surface area contributed by atoms with E-state index >= 15 is 4.39 Å². The number of benzene rings is 3. The van der Waals surface area contributed by atoms with E-state index in [4.69, 9.17) is 29.4 Å². The van der Waals surface area contributed by atoms with Crippen molar-refractivity contribution in [3.8, 4) is 0 Å². The quantitative estimate of drug-likeness (QED) is 0.136. The molecule has 1 atom stereocenters. The lowest BCUT2D eigenvalue weighted by Gasteiger charge is -2.32. The number of nitrogens with zero attached hydrogens (tertiary/aromatic N) is 8. The van der Waals surface area contributed by atoms with Crippen molar-refractivity contribution in [3.63, 3.8) is 0 Å². The van der Waals surface area contributed by atoms with Gasteiger partial charge in [0.15, 0.2) is 17.3 Å². The molecule has 0 saturated carbocycles. The predicted molar refractivity (Wildman–Crippen MR) is 207 cm³/mol. The van der Waals surface area contributed by atoms with E-state index in [9.17, 15) is 0 Å². The second-order valence-corrected chi connectivity index (χ2v) is 14.3. The minimum Gasteiger partial charge on any atom is -0.391 e. The smallest absolute Gasteiger partial charge is 0.263 e. The third kappa shape index (κ3) is 6.91. The summed E-state index contributed by atoms with van der Waals surface area (Å²) in [5, 5.41) is 0. The fourth-order valence-corrected chi connectivity index (χ4v) is 7.73. The molecule has 13 heteroatoms. The SMILES string of the molecule is CB(Cc1ccccc1)N(Cc1nc2c(F)c(C)ccc2n1B(C)Cc1ccccc1)c1nc(N2CCOCC2)nc2c1ncn2C1CCCCO1. The van der Waals surface area contributed by atoms with Crippen molar-refractivity contribution in [3.05, 3.63) is 107 Å². The Morgan fingerprint density at radius 2 is 1.58 bits per heavy atom. The Labute approximate surface area is 305 Å². The first kappa shape index (κ1) is 34.4. The molecule has 8 rings (SSSR count). The summed E-state index contributed by atoms with van der Waals surface area (Å²) in [5.74, 6) is 1.87. The van der Waals surface area contributed by atoms with Crippen LogP contribution in [-0.2, 0) is 28.7 Å². The lowest BCUT2D eigenvalue weighted by molar-refractivity contribution is -0.0298. The summed E-state index contributed by atoms with van der Waals surface area (Å²) in [6.45, 7) is 9.93. The van der Waals surface area contributed by atoms with Gasteiger partial charge in [0.1, 0.15) is 23.1 Å². The van der Waals surface area contributed by atoms with Crippen molar-refractivity contribution in [2.45, 2.75) is 65.2 Å². The van der Waals surface area contributed by atoms with Crippen molar-refractivity contribution in [1.29, 1.82) is 0 Å². The molecule has 1 unspecified atom stereocenters. The standard InChI is InChI=1S/C39H45B2FN8O2/c1-28-17-18-31-35(34(28)42)44-32(50(31)41(3)25-30-14-8-5-9-15-30)26-49(40(2)24-29-12-6-4-7-13-29)38-36-37(45-39(46-38)47-19-22-51-23-20-47)48(27-43-36)33-16-10-11-21-52-33/h4-9,12-15,17-18,27,33H,10-11,16,19-26H2,1-3H3. The average Bonchev–Trinajstić information content (AvgIpc) is 3.79. The van der Waals surface area contributed by atoms with Crippen LogP contribution >= 0.6 is 0 Å². The van der Waals surface area contributed by atoms with E-state index in [1.54, 1.807) is 6.92 Å². The molecule has 6 aromatic rings. The van der Waals surface area contributed by atoms with Crippen LogP contribution in [0.5, 0.6) is 0 Å². The third-order valence-electron chi connectivity index (χ3n) is 10.5. The van der Waals surface area contributed by atoms with Crippen molar-refractivity contribution >= 4 is 47.7 Å². The molecule has 0 amide bonds. The maximum absolute atomic E-state index is 15.9. The van der Waals surface area contributed by atoms with Gasteiger partial charge in [-0.1, -0.05) is 91.5 Å². The zero-order chi connectivity index (χ0) is 35.6. The van der Waals surface area contributed by atoms with Crippen molar-refractivity contribution < 1.29 is 13.9 Å². The van der Waals surface area contributed by atoms with Crippen LogP contribution in [-0.4, -0.2) is 75.6 Å². The molecule has 3 aromatic carbocycles. The first-order valence-electron chi connectivity index (χ1n) is 18.6. The van der Waals surface area contributed by atoms with Crippen LogP contribution in [0.3, 0.4) is 0 Å². The van der Waals surface area contributed by atoms with Gasteiger partial charge in [-0.05, 0) is 50.5 Å². The fraction of sp³-hybridized carbons (Fsp3) is 0.385. The summed E-state index contributed by atoms with van der Waals surface area (Å²) in [7, 11) is 0. The van der Waals surface area contributed by atoms with E-state index in [1.807, 2.05) is 30.6 Å². The molecule has 10 nitrogen and oxygen atoms in total. The van der Waals surface area contributed by atoms with Crippen molar-refractivity contribution in [2.24, 2.45) is 0 Å². The van der Waals surface area contributed by atoms with Gasteiger partial charge in [-0.25, -0.2) is 14.4 Å². The second-order valence-electron chi connectivity index (χ2n) is 14.3. The molecule has 0 spiro atoms. The number of aromatic nitrogens is 6. The Bertz CT molecular complexity index is 2140. The van der Waals surface area contributed by atoms with Crippen LogP contribution in [0.25, 0.3) is 22.2 Å². The summed E-state index contributed by atoms with van der Waals surface area (Å²) in [6.07, 6.45) is 6.31. The number of aryl methyl sites for hydroxylation is 1. The van der Waals surface area contributed by atoms with Crippen LogP contribution < -0.4 is 9.71 Å². The molecule has 2 saturated heterocycles. The zero-order valence-electron chi connectivity index (χ0n) is 30.3. The van der Waals surface area contributed by atoms with Crippen molar-refractivity contribution in [2.75, 3.05) is 42.6 Å². The zero-order valence-corrected chi connectivity index (χ0v) is 30.3. The van der Waals surface area contributed by atoms with Gasteiger partial charge in [0.25, 0.3) is 13.7 Å². The predicted octanol–water partition coefficient (Wildman–Crippen LogP) is 6.82. The summed E-state index contributed by atoms with van der Waals surface area (Å²) in [6, 6.07) is 24.8. The number of imidazole rings is 2. The second kappa shape index (κ2) is 15.1. The molecule has 2 fully saturated rings. The number of ether oxygens (including phenoxy) is 2. The normalized spacial score (nSPS) is 16.5. The molecule has 5 heterocycles. The van der Waals surface area contributed by atoms with Gasteiger partial charge in [0, 0.05) is 19.7 Å². The summed E-state index contributed by atoms with van der Waals surface area (Å²) in [5.41, 5.74) is 5.66. The van der Waals surface area contributed by atoms with Crippen LogP contribution in [0.2, 0.25) is 13.6 Å². The van der Waals surface area contributed by atoms with Crippen LogP contribution in [0.4, 0.5) is 16.2 Å². The Balaban J connectivity index is 1.29. The molecule has 2 aliphatic heterocycles. The monoisotopic (exact) mass is 698 g/mol. The number of fused-ring (bicyclic) bond motifs is 2. The van der Waals surface area contributed by atoms with Crippen LogP contribution in [0.15, 0.2) is 79.1 Å². The van der Waals surface area contributed by atoms with Gasteiger partial charge in [0.2, 0.25) is 5.95 Å². The molecule has 0 bridgehead atoms. The fourth-order valence-electron chi connectivity index (χ4n) is 7.73. The summed E-state index contributed by atoms with van der Waals surface area (Å²) >= 11 is 0. The van der Waals surface area contributed by atoms with E-state index < -0.39 is 0 Å². The average molecular weight is 698 g/mol. The summed E-state index contributed by atoms with van der Waals surface area (Å²) in [4.78, 5) is 25.1. The highest BCUT2D eigenvalue weighted by Gasteiger charge is 2.31. The van der Waals surface area contributed by atoms with Gasteiger partial charge < -0.3 is 23.7 Å². The highest BCUT2D eigenvalue weighted by molar-refractivity contribution is 6.61. The highest BCUT2D eigenvalue weighted by Crippen LogP contribution is 2.33. The number of halogens is 1. The Morgan fingerprint density at radius 1 is 0.846 bits per heavy atom. The van der Waals surface area contributed by atoms with Gasteiger partial charge >= 0.3 is 0 Å². The molecule has 2 aliphatic rings. The van der Waals surface area contributed by atoms with E-state index in [0.29, 0.717) is 62.0 Å². The van der Waals surface area contributed by atoms with Crippen LogP contribution in [0.1, 0.15) is 48.0 Å². The lowest BCUT2D eigenvalue weighted by atomic mass is 9.57. The molecular formula is C39H45B2FN8O2. The molecule has 0 aliphatic carbocycles. The number of anilines is 2. The maximum atomic E-state index is 15.9. The third-order valence-corrected chi connectivity index (χ3v) is 10.5. The van der Waals surface area contributed by atoms with E-state index in [0.717, 1.165) is 54.7 Å². The largest absolute Gasteiger partial charge is 0.391 e. The van der Waals surface area contributed by atoms with E-state index in [-0.39, 0.29) is 25.7 Å². The lowest BCUT2D eigenvalue weighted by Crippen LogP contribution is -2.42. The topological polar surface area (TPSA) is 86.4 Å². The molecule has 52 heavy (non-hydrogen) atoms. The Kier molecular flexibility index (Phi) is 9.96. The van der Waals surface area contributed by atoms with E-state index in [2.05, 4.69) is 80.9 Å². The van der Waals surface area contributed by atoms with Gasteiger partial charge in [-0.3, -0.25) is 4.57 Å². The molecule has 0 N–H and O–H groups in total. The molecule has 266 valence electrons. The minimum absolute atomic E-state index is 0.00720.